The van der Waals surface area contributed by atoms with E-state index in [0.29, 0.717) is 37.7 Å². The van der Waals surface area contributed by atoms with Crippen LogP contribution in [0.3, 0.4) is 0 Å². The molecule has 0 N–H and O–H groups in total. The Bertz CT molecular complexity index is 991. The third kappa shape index (κ3) is 4.38. The second-order valence-corrected chi connectivity index (χ2v) is 11.1. The first kappa shape index (κ1) is 21.3. The third-order valence-electron chi connectivity index (χ3n) is 5.92. The van der Waals surface area contributed by atoms with Gasteiger partial charge < -0.3 is 9.80 Å². The van der Waals surface area contributed by atoms with Gasteiger partial charge in [-0.2, -0.15) is 4.31 Å². The van der Waals surface area contributed by atoms with E-state index < -0.39 is 10.0 Å². The summed E-state index contributed by atoms with van der Waals surface area (Å²) >= 11 is 1.11. The summed E-state index contributed by atoms with van der Waals surface area (Å²) in [5.41, 5.74) is 1.34. The van der Waals surface area contributed by atoms with Crippen LogP contribution < -0.4 is 4.90 Å². The summed E-state index contributed by atoms with van der Waals surface area (Å²) in [7, 11) is -3.63. The highest BCUT2D eigenvalue weighted by Crippen LogP contribution is 2.27. The number of likely N-dealkylation sites (tertiary alicyclic amines) is 1. The molecule has 2 aliphatic rings. The van der Waals surface area contributed by atoms with Crippen LogP contribution in [-0.4, -0.2) is 62.8 Å². The predicted molar refractivity (Wildman–Crippen MR) is 116 cm³/mol. The number of halogens is 1. The Morgan fingerprint density at radius 1 is 1.03 bits per heavy atom. The molecule has 2 aromatic rings. The SMILES string of the molecule is CC1CCN(C(=O)c2csc(S(=O)(=O)N3CCN(c4ccc(F)cc4)CC3)c2)CC1. The van der Waals surface area contributed by atoms with Crippen molar-refractivity contribution in [1.82, 2.24) is 9.21 Å². The zero-order valence-electron chi connectivity index (χ0n) is 17.0. The van der Waals surface area contributed by atoms with Gasteiger partial charge in [0.1, 0.15) is 10.0 Å². The van der Waals surface area contributed by atoms with E-state index in [0.717, 1.165) is 43.0 Å². The molecule has 1 aromatic heterocycles. The summed E-state index contributed by atoms with van der Waals surface area (Å²) in [6.07, 6.45) is 1.97. The fourth-order valence-corrected chi connectivity index (χ4v) is 6.65. The second-order valence-electron chi connectivity index (χ2n) is 8.00. The van der Waals surface area contributed by atoms with Crippen LogP contribution in [0.15, 0.2) is 39.9 Å². The van der Waals surface area contributed by atoms with Crippen molar-refractivity contribution in [2.45, 2.75) is 24.0 Å². The smallest absolute Gasteiger partial charge is 0.254 e. The molecule has 0 radical (unpaired) electrons. The van der Waals surface area contributed by atoms with Crippen molar-refractivity contribution < 1.29 is 17.6 Å². The molecule has 2 aliphatic heterocycles. The fraction of sp³-hybridized carbons (Fsp3) is 0.476. The monoisotopic (exact) mass is 451 g/mol. The van der Waals surface area contributed by atoms with Crippen molar-refractivity contribution >= 4 is 33.0 Å². The molecule has 3 heterocycles. The summed E-state index contributed by atoms with van der Waals surface area (Å²) in [5, 5.41) is 1.65. The lowest BCUT2D eigenvalue weighted by Crippen LogP contribution is -2.48. The number of anilines is 1. The highest BCUT2D eigenvalue weighted by molar-refractivity contribution is 7.91. The van der Waals surface area contributed by atoms with E-state index in [1.165, 1.54) is 22.5 Å². The zero-order chi connectivity index (χ0) is 21.3. The van der Waals surface area contributed by atoms with Crippen molar-refractivity contribution in [3.05, 3.63) is 47.1 Å². The number of hydrogen-bond donors (Lipinski definition) is 0. The van der Waals surface area contributed by atoms with Crippen LogP contribution in [0, 0.1) is 11.7 Å². The lowest BCUT2D eigenvalue weighted by Gasteiger charge is -2.35. The molecule has 0 atom stereocenters. The van der Waals surface area contributed by atoms with Crippen molar-refractivity contribution in [2.24, 2.45) is 5.92 Å². The maximum atomic E-state index is 13.1. The molecule has 6 nitrogen and oxygen atoms in total. The first-order valence-electron chi connectivity index (χ1n) is 10.2. The molecule has 30 heavy (non-hydrogen) atoms. The minimum Gasteiger partial charge on any atom is -0.369 e. The van der Waals surface area contributed by atoms with Crippen LogP contribution in [-0.2, 0) is 10.0 Å². The minimum atomic E-state index is -3.63. The molecule has 2 fully saturated rings. The van der Waals surface area contributed by atoms with Gasteiger partial charge in [-0.05, 0) is 49.1 Å². The molecule has 1 aromatic carbocycles. The summed E-state index contributed by atoms with van der Waals surface area (Å²) in [6.45, 7) is 5.41. The number of carbonyl (C=O) groups excluding carboxylic acids is 1. The van der Waals surface area contributed by atoms with Crippen molar-refractivity contribution in [3.8, 4) is 0 Å². The average Bonchev–Trinajstić information content (AvgIpc) is 3.26. The van der Waals surface area contributed by atoms with Crippen LogP contribution >= 0.6 is 11.3 Å². The van der Waals surface area contributed by atoms with E-state index >= 15 is 0 Å². The van der Waals surface area contributed by atoms with E-state index in [9.17, 15) is 17.6 Å². The topological polar surface area (TPSA) is 60.9 Å². The quantitative estimate of drug-likeness (QED) is 0.716. The Hall–Kier alpha value is -1.97. The number of amides is 1. The molecule has 0 saturated carbocycles. The largest absolute Gasteiger partial charge is 0.369 e. The van der Waals surface area contributed by atoms with Crippen molar-refractivity contribution in [3.63, 3.8) is 0 Å². The first-order valence-corrected chi connectivity index (χ1v) is 12.5. The number of rotatable bonds is 4. The van der Waals surface area contributed by atoms with Crippen LogP contribution in [0.4, 0.5) is 10.1 Å². The Morgan fingerprint density at radius 3 is 2.30 bits per heavy atom. The van der Waals surface area contributed by atoms with Gasteiger partial charge in [0.25, 0.3) is 15.9 Å². The number of piperidine rings is 1. The van der Waals surface area contributed by atoms with Crippen molar-refractivity contribution in [1.29, 1.82) is 0 Å². The van der Waals surface area contributed by atoms with Gasteiger partial charge in [0.15, 0.2) is 0 Å². The van der Waals surface area contributed by atoms with Gasteiger partial charge in [-0.25, -0.2) is 12.8 Å². The molecule has 2 saturated heterocycles. The highest BCUT2D eigenvalue weighted by Gasteiger charge is 2.31. The number of thiophene rings is 1. The molecule has 0 bridgehead atoms. The normalized spacial score (nSPS) is 19.3. The van der Waals surface area contributed by atoms with Gasteiger partial charge in [-0.15, -0.1) is 11.3 Å². The molecule has 1 amide bonds. The summed E-state index contributed by atoms with van der Waals surface area (Å²) in [4.78, 5) is 16.6. The van der Waals surface area contributed by atoms with Gasteiger partial charge in [0.05, 0.1) is 5.56 Å². The molecule has 0 spiro atoms. The van der Waals surface area contributed by atoms with E-state index in [4.69, 9.17) is 0 Å². The van der Waals surface area contributed by atoms with E-state index in [2.05, 4.69) is 6.92 Å². The summed E-state index contributed by atoms with van der Waals surface area (Å²) in [6, 6.07) is 7.75. The lowest BCUT2D eigenvalue weighted by atomic mass is 9.99. The van der Waals surface area contributed by atoms with Gasteiger partial charge in [0, 0.05) is 50.3 Å². The van der Waals surface area contributed by atoms with Gasteiger partial charge in [-0.3, -0.25) is 4.79 Å². The van der Waals surface area contributed by atoms with Crippen LogP contribution in [0.5, 0.6) is 0 Å². The van der Waals surface area contributed by atoms with Crippen LogP contribution in [0.2, 0.25) is 0 Å². The number of hydrogen-bond acceptors (Lipinski definition) is 5. The van der Waals surface area contributed by atoms with Crippen molar-refractivity contribution in [2.75, 3.05) is 44.2 Å². The molecule has 0 aliphatic carbocycles. The first-order chi connectivity index (χ1) is 14.3. The summed E-state index contributed by atoms with van der Waals surface area (Å²) in [5.74, 6) is 0.254. The molecule has 4 rings (SSSR count). The number of sulfonamides is 1. The van der Waals surface area contributed by atoms with E-state index in [1.807, 2.05) is 9.80 Å². The highest BCUT2D eigenvalue weighted by atomic mass is 32.2. The number of piperazine rings is 1. The van der Waals surface area contributed by atoms with Gasteiger partial charge in [0.2, 0.25) is 0 Å². The number of benzene rings is 1. The standard InChI is InChI=1S/C21H26FN3O3S2/c1-16-6-8-24(9-7-16)21(26)17-14-20(29-15-17)30(27,28)25-12-10-23(11-13-25)19-4-2-18(22)3-5-19/h2-5,14-16H,6-13H2,1H3. The van der Waals surface area contributed by atoms with E-state index in [-0.39, 0.29) is 15.9 Å². The number of nitrogens with zero attached hydrogens (tertiary/aromatic N) is 3. The zero-order valence-corrected chi connectivity index (χ0v) is 18.6. The Labute approximate surface area is 180 Å². The maximum Gasteiger partial charge on any atom is 0.254 e. The Kier molecular flexibility index (Phi) is 6.13. The molecular formula is C21H26FN3O3S2. The Balaban J connectivity index is 1.41. The molecule has 9 heteroatoms. The van der Waals surface area contributed by atoms with Gasteiger partial charge in [-0.1, -0.05) is 6.92 Å². The summed E-state index contributed by atoms with van der Waals surface area (Å²) < 4.78 is 41.0. The number of carbonyl (C=O) groups is 1. The minimum absolute atomic E-state index is 0.0827. The Morgan fingerprint density at radius 2 is 1.67 bits per heavy atom. The molecule has 0 unspecified atom stereocenters. The second kappa shape index (κ2) is 8.64. The maximum absolute atomic E-state index is 13.1. The van der Waals surface area contributed by atoms with Gasteiger partial charge >= 0.3 is 0 Å². The molecular weight excluding hydrogens is 425 g/mol. The average molecular weight is 452 g/mol. The lowest BCUT2D eigenvalue weighted by molar-refractivity contribution is 0.0697. The molecule has 162 valence electrons. The third-order valence-corrected chi connectivity index (χ3v) is 9.23. The van der Waals surface area contributed by atoms with E-state index in [1.54, 1.807) is 17.5 Å². The van der Waals surface area contributed by atoms with Crippen LogP contribution in [0.1, 0.15) is 30.1 Å². The predicted octanol–water partition coefficient (Wildman–Crippen LogP) is 3.27. The fourth-order valence-electron chi connectivity index (χ4n) is 3.92. The van der Waals surface area contributed by atoms with Crippen LogP contribution in [0.25, 0.3) is 0 Å².